The highest BCUT2D eigenvalue weighted by Crippen LogP contribution is 2.30. The van der Waals surface area contributed by atoms with Crippen LogP contribution in [0.25, 0.3) is 0 Å². The van der Waals surface area contributed by atoms with Crippen molar-refractivity contribution in [3.05, 3.63) is 0 Å². The highest BCUT2D eigenvalue weighted by molar-refractivity contribution is 5.37. The van der Waals surface area contributed by atoms with Crippen LogP contribution >= 0.6 is 0 Å². The molecule has 1 aromatic heterocycles. The van der Waals surface area contributed by atoms with Gasteiger partial charge in [-0.3, -0.25) is 0 Å². The number of nitrogens with one attached hydrogen (secondary N) is 1. The third kappa shape index (κ3) is 3.45. The lowest BCUT2D eigenvalue weighted by molar-refractivity contribution is 0.292. The lowest BCUT2D eigenvalue weighted by atomic mass is 10.4. The van der Waals surface area contributed by atoms with Gasteiger partial charge in [-0.1, -0.05) is 6.92 Å². The molecule has 1 aliphatic rings. The van der Waals surface area contributed by atoms with Crippen LogP contribution in [0.4, 0.5) is 11.9 Å². The number of hydrogen-bond donors (Lipinski definition) is 1. The highest BCUT2D eigenvalue weighted by Gasteiger charge is 2.24. The molecule has 0 aliphatic heterocycles. The molecule has 0 aromatic carbocycles. The minimum atomic E-state index is 0.397. The second-order valence-corrected chi connectivity index (χ2v) is 4.66. The fourth-order valence-corrected chi connectivity index (χ4v) is 1.66. The van der Waals surface area contributed by atoms with E-state index in [9.17, 15) is 0 Å². The number of rotatable bonds is 7. The van der Waals surface area contributed by atoms with Gasteiger partial charge in [-0.05, 0) is 25.2 Å². The second-order valence-electron chi connectivity index (χ2n) is 4.66. The lowest BCUT2D eigenvalue weighted by Gasteiger charge is -2.17. The molecular weight excluding hydrogens is 230 g/mol. The minimum absolute atomic E-state index is 0.397. The van der Waals surface area contributed by atoms with Crippen molar-refractivity contribution >= 4 is 11.9 Å². The molecule has 6 heteroatoms. The summed E-state index contributed by atoms with van der Waals surface area (Å²) in [6.07, 6.45) is 3.56. The molecule has 0 saturated heterocycles. The van der Waals surface area contributed by atoms with Gasteiger partial charge in [0.05, 0.1) is 6.61 Å². The first kappa shape index (κ1) is 12.9. The van der Waals surface area contributed by atoms with E-state index in [2.05, 4.69) is 32.1 Å². The van der Waals surface area contributed by atoms with Crippen LogP contribution in [0, 0.1) is 5.92 Å². The number of nitrogens with zero attached hydrogens (tertiary/aromatic N) is 4. The molecule has 1 aliphatic carbocycles. The highest BCUT2D eigenvalue weighted by atomic mass is 16.5. The summed E-state index contributed by atoms with van der Waals surface area (Å²) in [4.78, 5) is 14.9. The molecule has 0 bridgehead atoms. The van der Waals surface area contributed by atoms with Crippen molar-refractivity contribution in [2.45, 2.75) is 26.2 Å². The van der Waals surface area contributed by atoms with Crippen molar-refractivity contribution in [1.29, 1.82) is 0 Å². The zero-order chi connectivity index (χ0) is 13.0. The van der Waals surface area contributed by atoms with Crippen LogP contribution in [0.1, 0.15) is 26.2 Å². The van der Waals surface area contributed by atoms with Crippen LogP contribution in [0.2, 0.25) is 0 Å². The van der Waals surface area contributed by atoms with Crippen molar-refractivity contribution < 1.29 is 4.74 Å². The van der Waals surface area contributed by atoms with Gasteiger partial charge in [0.1, 0.15) is 0 Å². The molecule has 1 aromatic rings. The zero-order valence-electron chi connectivity index (χ0n) is 11.3. The number of ether oxygens (including phenoxy) is 1. The first-order valence-electron chi connectivity index (χ1n) is 6.50. The van der Waals surface area contributed by atoms with E-state index in [0.29, 0.717) is 24.5 Å². The molecule has 0 amide bonds. The molecule has 1 saturated carbocycles. The number of hydrogen-bond acceptors (Lipinski definition) is 6. The van der Waals surface area contributed by atoms with Crippen LogP contribution in [0.15, 0.2) is 0 Å². The van der Waals surface area contributed by atoms with E-state index in [4.69, 9.17) is 4.74 Å². The third-order valence-electron chi connectivity index (χ3n) is 2.83. The smallest absolute Gasteiger partial charge is 0.323 e. The van der Waals surface area contributed by atoms with Crippen molar-refractivity contribution in [2.75, 3.05) is 37.5 Å². The van der Waals surface area contributed by atoms with Gasteiger partial charge in [-0.25, -0.2) is 0 Å². The van der Waals surface area contributed by atoms with Crippen molar-refractivity contribution in [3.8, 4) is 6.01 Å². The Kier molecular flexibility index (Phi) is 4.17. The topological polar surface area (TPSA) is 63.2 Å². The molecule has 1 heterocycles. The number of aromatic nitrogens is 3. The molecule has 0 radical (unpaired) electrons. The zero-order valence-corrected chi connectivity index (χ0v) is 11.3. The fraction of sp³-hybridized carbons (Fsp3) is 0.750. The summed E-state index contributed by atoms with van der Waals surface area (Å²) in [6.45, 7) is 3.68. The molecule has 6 nitrogen and oxygen atoms in total. The van der Waals surface area contributed by atoms with E-state index in [1.54, 1.807) is 7.05 Å². The van der Waals surface area contributed by atoms with Gasteiger partial charge in [0, 0.05) is 20.6 Å². The summed E-state index contributed by atoms with van der Waals surface area (Å²) >= 11 is 0. The Morgan fingerprint density at radius 3 is 2.72 bits per heavy atom. The summed E-state index contributed by atoms with van der Waals surface area (Å²) in [6, 6.07) is 0.397. The van der Waals surface area contributed by atoms with Crippen LogP contribution in [-0.4, -0.2) is 42.2 Å². The van der Waals surface area contributed by atoms with E-state index in [1.165, 1.54) is 12.8 Å². The molecule has 100 valence electrons. The average molecular weight is 251 g/mol. The molecule has 2 rings (SSSR count). The van der Waals surface area contributed by atoms with Gasteiger partial charge in [-0.2, -0.15) is 15.0 Å². The van der Waals surface area contributed by atoms with Crippen LogP contribution in [0.3, 0.4) is 0 Å². The molecule has 0 unspecified atom stereocenters. The van der Waals surface area contributed by atoms with Crippen LogP contribution in [0.5, 0.6) is 6.01 Å². The Labute approximate surface area is 108 Å². The van der Waals surface area contributed by atoms with Crippen molar-refractivity contribution in [2.24, 2.45) is 5.92 Å². The van der Waals surface area contributed by atoms with Gasteiger partial charge in [0.25, 0.3) is 0 Å². The van der Waals surface area contributed by atoms with Gasteiger partial charge in [-0.15, -0.1) is 0 Å². The van der Waals surface area contributed by atoms with Crippen LogP contribution in [-0.2, 0) is 0 Å². The molecule has 0 spiro atoms. The Hall–Kier alpha value is -1.59. The first-order valence-corrected chi connectivity index (χ1v) is 6.50. The third-order valence-corrected chi connectivity index (χ3v) is 2.83. The maximum atomic E-state index is 5.48. The van der Waals surface area contributed by atoms with E-state index in [1.807, 2.05) is 7.05 Å². The Balaban J connectivity index is 2.10. The molecule has 1 fully saturated rings. The van der Waals surface area contributed by atoms with Gasteiger partial charge >= 0.3 is 6.01 Å². The van der Waals surface area contributed by atoms with Crippen LogP contribution < -0.4 is 15.0 Å². The number of anilines is 2. The Bertz CT molecular complexity index is 394. The molecule has 0 atom stereocenters. The van der Waals surface area contributed by atoms with E-state index >= 15 is 0 Å². The first-order chi connectivity index (χ1) is 8.72. The van der Waals surface area contributed by atoms with Gasteiger partial charge in [0.2, 0.25) is 11.9 Å². The van der Waals surface area contributed by atoms with Gasteiger partial charge < -0.3 is 15.0 Å². The molecular formula is C12H21N5O. The van der Waals surface area contributed by atoms with Gasteiger partial charge in [0.15, 0.2) is 0 Å². The van der Waals surface area contributed by atoms with Crippen molar-refractivity contribution in [1.82, 2.24) is 15.0 Å². The Morgan fingerprint density at radius 1 is 1.33 bits per heavy atom. The van der Waals surface area contributed by atoms with E-state index in [-0.39, 0.29) is 0 Å². The normalized spacial score (nSPS) is 14.4. The lowest BCUT2D eigenvalue weighted by Crippen LogP contribution is -2.23. The summed E-state index contributed by atoms with van der Waals surface area (Å²) < 4.78 is 5.48. The maximum absolute atomic E-state index is 5.48. The molecule has 18 heavy (non-hydrogen) atoms. The molecule has 1 N–H and O–H groups in total. The fourth-order valence-electron chi connectivity index (χ4n) is 1.66. The Morgan fingerprint density at radius 2 is 2.11 bits per heavy atom. The van der Waals surface area contributed by atoms with E-state index < -0.39 is 0 Å². The standard InChI is InChI=1S/C12H21N5O/c1-4-7-18-12-15-10(13-2)14-11(16-12)17(3)8-9-5-6-9/h9H,4-8H2,1-3H3,(H,13,14,15,16). The predicted octanol–water partition coefficient (Wildman–Crippen LogP) is 1.55. The monoisotopic (exact) mass is 251 g/mol. The summed E-state index contributed by atoms with van der Waals surface area (Å²) in [5.41, 5.74) is 0. The summed E-state index contributed by atoms with van der Waals surface area (Å²) in [7, 11) is 3.81. The predicted molar refractivity (Wildman–Crippen MR) is 71.2 cm³/mol. The summed E-state index contributed by atoms with van der Waals surface area (Å²) in [5, 5.41) is 2.94. The van der Waals surface area contributed by atoms with E-state index in [0.717, 1.165) is 18.9 Å². The second kappa shape index (κ2) is 5.84. The average Bonchev–Trinajstić information content (AvgIpc) is 3.19. The maximum Gasteiger partial charge on any atom is 0.323 e. The van der Waals surface area contributed by atoms with Crippen molar-refractivity contribution in [3.63, 3.8) is 0 Å². The quantitative estimate of drug-likeness (QED) is 0.793. The minimum Gasteiger partial charge on any atom is -0.463 e. The summed E-state index contributed by atoms with van der Waals surface area (Å²) in [5.74, 6) is 2.02. The SMILES string of the molecule is CCCOc1nc(NC)nc(N(C)CC2CC2)n1. The largest absolute Gasteiger partial charge is 0.463 e.